The molecule has 1 atom stereocenters. The van der Waals surface area contributed by atoms with Crippen LogP contribution in [0.2, 0.25) is 0 Å². The van der Waals surface area contributed by atoms with Gasteiger partial charge in [-0.15, -0.1) is 0 Å². The predicted octanol–water partition coefficient (Wildman–Crippen LogP) is 0.0803. The lowest BCUT2D eigenvalue weighted by Crippen LogP contribution is -2.52. The molecule has 2 aliphatic heterocycles. The van der Waals surface area contributed by atoms with Gasteiger partial charge >= 0.3 is 0 Å². The molecule has 0 bridgehead atoms. The number of amides is 1. The molecule has 0 saturated carbocycles. The summed E-state index contributed by atoms with van der Waals surface area (Å²) in [5.41, 5.74) is 0. The summed E-state index contributed by atoms with van der Waals surface area (Å²) in [7, 11) is 3.92. The van der Waals surface area contributed by atoms with E-state index >= 15 is 0 Å². The fraction of sp³-hybridized carbons (Fsp3) is 0.933. The third kappa shape index (κ3) is 4.17. The fourth-order valence-corrected chi connectivity index (χ4v) is 3.40. The topological polar surface area (TPSA) is 38.8 Å². The molecule has 0 spiro atoms. The van der Waals surface area contributed by atoms with E-state index in [4.69, 9.17) is 0 Å². The van der Waals surface area contributed by atoms with E-state index in [1.54, 1.807) is 7.05 Å². The SMILES string of the molecule is CNC(=O)CN1CCC(C(C)N2CCN(C)CC2)CC1. The summed E-state index contributed by atoms with van der Waals surface area (Å²) in [4.78, 5) is 18.8. The molecular formula is C15H30N4O. The van der Waals surface area contributed by atoms with Crippen molar-refractivity contribution in [2.24, 2.45) is 5.92 Å². The molecule has 1 amide bonds. The molecule has 1 unspecified atom stereocenters. The summed E-state index contributed by atoms with van der Waals surface area (Å²) < 4.78 is 0. The monoisotopic (exact) mass is 282 g/mol. The van der Waals surface area contributed by atoms with E-state index in [2.05, 4.69) is 34.0 Å². The Morgan fingerprint density at radius 1 is 1.15 bits per heavy atom. The van der Waals surface area contributed by atoms with Gasteiger partial charge < -0.3 is 10.2 Å². The first-order chi connectivity index (χ1) is 9.60. The van der Waals surface area contributed by atoms with Gasteiger partial charge in [0.2, 0.25) is 5.91 Å². The first kappa shape index (κ1) is 15.7. The largest absolute Gasteiger partial charge is 0.358 e. The van der Waals surface area contributed by atoms with Gasteiger partial charge in [0.25, 0.3) is 0 Å². The van der Waals surface area contributed by atoms with Crippen molar-refractivity contribution in [2.75, 3.05) is 59.9 Å². The number of carbonyl (C=O) groups excluding carboxylic acids is 1. The summed E-state index contributed by atoms with van der Waals surface area (Å²) in [6.07, 6.45) is 2.45. The van der Waals surface area contributed by atoms with Crippen LogP contribution in [0.25, 0.3) is 0 Å². The zero-order valence-corrected chi connectivity index (χ0v) is 13.3. The number of nitrogens with one attached hydrogen (secondary N) is 1. The maximum Gasteiger partial charge on any atom is 0.233 e. The predicted molar refractivity (Wildman–Crippen MR) is 81.8 cm³/mol. The molecule has 0 radical (unpaired) electrons. The van der Waals surface area contributed by atoms with E-state index in [1.165, 1.54) is 39.0 Å². The third-order valence-electron chi connectivity index (χ3n) is 5.07. The molecule has 0 aromatic carbocycles. The molecule has 5 heteroatoms. The molecule has 2 saturated heterocycles. The van der Waals surface area contributed by atoms with Gasteiger partial charge in [-0.25, -0.2) is 0 Å². The number of likely N-dealkylation sites (N-methyl/N-ethyl adjacent to an activating group) is 2. The zero-order valence-electron chi connectivity index (χ0n) is 13.3. The molecule has 2 heterocycles. The number of hydrogen-bond donors (Lipinski definition) is 1. The number of rotatable bonds is 4. The van der Waals surface area contributed by atoms with Gasteiger partial charge in [-0.1, -0.05) is 0 Å². The minimum atomic E-state index is 0.135. The van der Waals surface area contributed by atoms with Crippen LogP contribution in [-0.2, 0) is 4.79 Å². The third-order valence-corrected chi connectivity index (χ3v) is 5.07. The number of piperidine rings is 1. The fourth-order valence-electron chi connectivity index (χ4n) is 3.40. The molecule has 2 fully saturated rings. The lowest BCUT2D eigenvalue weighted by molar-refractivity contribution is -0.122. The van der Waals surface area contributed by atoms with Crippen molar-refractivity contribution in [3.8, 4) is 0 Å². The van der Waals surface area contributed by atoms with E-state index in [1.807, 2.05) is 0 Å². The minimum Gasteiger partial charge on any atom is -0.358 e. The quantitative estimate of drug-likeness (QED) is 0.793. The number of hydrogen-bond acceptors (Lipinski definition) is 4. The highest BCUT2D eigenvalue weighted by atomic mass is 16.1. The average Bonchev–Trinajstić information content (AvgIpc) is 2.48. The average molecular weight is 282 g/mol. The van der Waals surface area contributed by atoms with Crippen molar-refractivity contribution in [1.82, 2.24) is 20.0 Å². The van der Waals surface area contributed by atoms with Crippen molar-refractivity contribution >= 4 is 5.91 Å². The summed E-state index contributed by atoms with van der Waals surface area (Å²) in [5.74, 6) is 0.926. The van der Waals surface area contributed by atoms with Gasteiger partial charge in [0.15, 0.2) is 0 Å². The molecule has 0 aliphatic carbocycles. The summed E-state index contributed by atoms with van der Waals surface area (Å²) in [6, 6.07) is 0.686. The number of likely N-dealkylation sites (tertiary alicyclic amines) is 1. The Morgan fingerprint density at radius 2 is 1.75 bits per heavy atom. The minimum absolute atomic E-state index is 0.135. The lowest BCUT2D eigenvalue weighted by Gasteiger charge is -2.42. The van der Waals surface area contributed by atoms with Crippen molar-refractivity contribution in [3.05, 3.63) is 0 Å². The van der Waals surface area contributed by atoms with Crippen LogP contribution in [0.4, 0.5) is 0 Å². The van der Waals surface area contributed by atoms with Gasteiger partial charge in [0.05, 0.1) is 6.54 Å². The van der Waals surface area contributed by atoms with Crippen LogP contribution < -0.4 is 5.32 Å². The highest BCUT2D eigenvalue weighted by Gasteiger charge is 2.29. The van der Waals surface area contributed by atoms with E-state index in [9.17, 15) is 4.79 Å². The van der Waals surface area contributed by atoms with Crippen LogP contribution >= 0.6 is 0 Å². The molecule has 2 aliphatic rings. The number of carbonyl (C=O) groups is 1. The Bertz CT molecular complexity index is 307. The van der Waals surface area contributed by atoms with Crippen LogP contribution in [0.5, 0.6) is 0 Å². The first-order valence-electron chi connectivity index (χ1n) is 7.95. The molecule has 2 rings (SSSR count). The van der Waals surface area contributed by atoms with Crippen molar-refractivity contribution < 1.29 is 4.79 Å². The van der Waals surface area contributed by atoms with E-state index in [0.717, 1.165) is 19.0 Å². The van der Waals surface area contributed by atoms with Crippen LogP contribution in [0.1, 0.15) is 19.8 Å². The molecule has 5 nitrogen and oxygen atoms in total. The molecule has 20 heavy (non-hydrogen) atoms. The van der Waals surface area contributed by atoms with Gasteiger partial charge in [0.1, 0.15) is 0 Å². The summed E-state index contributed by atoms with van der Waals surface area (Å²) in [6.45, 7) is 9.88. The van der Waals surface area contributed by atoms with Crippen LogP contribution in [0.3, 0.4) is 0 Å². The van der Waals surface area contributed by atoms with Gasteiger partial charge in [-0.05, 0) is 45.8 Å². The normalized spacial score (nSPS) is 25.6. The standard InChI is InChI=1S/C15H30N4O/c1-13(19-10-8-17(3)9-11-19)14-4-6-18(7-5-14)12-15(20)16-2/h13-14H,4-12H2,1-3H3,(H,16,20). The highest BCUT2D eigenvalue weighted by Crippen LogP contribution is 2.24. The number of nitrogens with zero attached hydrogens (tertiary/aromatic N) is 3. The second-order valence-electron chi connectivity index (χ2n) is 6.37. The highest BCUT2D eigenvalue weighted by molar-refractivity contribution is 5.77. The van der Waals surface area contributed by atoms with Gasteiger partial charge in [0, 0.05) is 39.3 Å². The smallest absolute Gasteiger partial charge is 0.233 e. The van der Waals surface area contributed by atoms with E-state index in [-0.39, 0.29) is 5.91 Å². The second-order valence-corrected chi connectivity index (χ2v) is 6.37. The first-order valence-corrected chi connectivity index (χ1v) is 7.95. The van der Waals surface area contributed by atoms with E-state index in [0.29, 0.717) is 12.6 Å². The van der Waals surface area contributed by atoms with Crippen LogP contribution in [0.15, 0.2) is 0 Å². The molecule has 116 valence electrons. The zero-order chi connectivity index (χ0) is 14.5. The van der Waals surface area contributed by atoms with Gasteiger partial charge in [-0.2, -0.15) is 0 Å². The van der Waals surface area contributed by atoms with Crippen molar-refractivity contribution in [3.63, 3.8) is 0 Å². The Balaban J connectivity index is 1.74. The van der Waals surface area contributed by atoms with Crippen LogP contribution in [-0.4, -0.2) is 86.6 Å². The molecular weight excluding hydrogens is 252 g/mol. The molecule has 1 N–H and O–H groups in total. The Morgan fingerprint density at radius 3 is 2.30 bits per heavy atom. The summed E-state index contributed by atoms with van der Waals surface area (Å²) >= 11 is 0. The summed E-state index contributed by atoms with van der Waals surface area (Å²) in [5, 5.41) is 2.71. The van der Waals surface area contributed by atoms with Gasteiger partial charge in [-0.3, -0.25) is 14.6 Å². The van der Waals surface area contributed by atoms with Crippen molar-refractivity contribution in [1.29, 1.82) is 0 Å². The second kappa shape index (κ2) is 7.38. The Labute approximate surface area is 123 Å². The molecule has 0 aromatic heterocycles. The molecule has 0 aromatic rings. The van der Waals surface area contributed by atoms with Crippen molar-refractivity contribution in [2.45, 2.75) is 25.8 Å². The van der Waals surface area contributed by atoms with E-state index < -0.39 is 0 Å². The number of piperazine rings is 1. The van der Waals surface area contributed by atoms with Crippen LogP contribution in [0, 0.1) is 5.92 Å². The Kier molecular flexibility index (Phi) is 5.81. The lowest BCUT2D eigenvalue weighted by atomic mass is 9.89. The Hall–Kier alpha value is -0.650. The maximum absolute atomic E-state index is 11.4. The maximum atomic E-state index is 11.4.